The van der Waals surface area contributed by atoms with Crippen molar-refractivity contribution in [3.63, 3.8) is 0 Å². The van der Waals surface area contributed by atoms with Crippen LogP contribution in [-0.2, 0) is 28.9 Å². The smallest absolute Gasteiger partial charge is 0.303 e. The monoisotopic (exact) mass is 467 g/mol. The molecule has 1 N–H and O–H groups in total. The molecule has 0 saturated carbocycles. The first-order chi connectivity index (χ1) is 17.0. The van der Waals surface area contributed by atoms with Gasteiger partial charge in [-0.3, -0.25) is 9.59 Å². The maximum atomic E-state index is 13.1. The molecule has 0 atom stereocenters. The first-order valence-corrected chi connectivity index (χ1v) is 11.8. The fraction of sp³-hybridized carbons (Fsp3) is 0.200. The van der Waals surface area contributed by atoms with Crippen molar-refractivity contribution in [2.24, 2.45) is 0 Å². The van der Waals surface area contributed by atoms with Crippen molar-refractivity contribution in [3.05, 3.63) is 108 Å². The molecule has 0 aromatic heterocycles. The van der Waals surface area contributed by atoms with Gasteiger partial charge < -0.3 is 14.7 Å². The van der Waals surface area contributed by atoms with Crippen LogP contribution in [0.2, 0.25) is 0 Å². The van der Waals surface area contributed by atoms with Crippen LogP contribution in [0.3, 0.4) is 0 Å². The lowest BCUT2D eigenvalue weighted by atomic mass is 9.95. The predicted octanol–water partition coefficient (Wildman–Crippen LogP) is 5.89. The van der Waals surface area contributed by atoms with Crippen LogP contribution in [0.5, 0.6) is 11.5 Å². The fourth-order valence-corrected chi connectivity index (χ4v) is 4.11. The van der Waals surface area contributed by atoms with E-state index < -0.39 is 5.97 Å². The number of hydrogen-bond acceptors (Lipinski definition) is 3. The Hall–Kier alpha value is -4.12. The number of carbonyl (C=O) groups excluding carboxylic acids is 1. The minimum absolute atomic E-state index is 0.0204. The molecule has 4 aromatic rings. The maximum absolute atomic E-state index is 13.1. The molecule has 0 radical (unpaired) electrons. The molecular weight excluding hydrogens is 438 g/mol. The largest absolute Gasteiger partial charge is 0.481 e. The first-order valence-electron chi connectivity index (χ1n) is 11.8. The highest BCUT2D eigenvalue weighted by molar-refractivity contribution is 5.94. The van der Waals surface area contributed by atoms with Crippen molar-refractivity contribution in [2.75, 3.05) is 13.6 Å². The summed E-state index contributed by atoms with van der Waals surface area (Å²) in [4.78, 5) is 26.1. The van der Waals surface area contributed by atoms with Gasteiger partial charge in [0, 0.05) is 25.4 Å². The number of para-hydroxylation sites is 1. The summed E-state index contributed by atoms with van der Waals surface area (Å²) in [5.74, 6) is 0.565. The lowest BCUT2D eigenvalue weighted by Crippen LogP contribution is -2.30. The van der Waals surface area contributed by atoms with Gasteiger partial charge in [-0.15, -0.1) is 0 Å². The Balaban J connectivity index is 1.61. The zero-order chi connectivity index (χ0) is 24.6. The third kappa shape index (κ3) is 6.48. The number of aliphatic carboxylic acids is 1. The number of amides is 1. The number of aryl methyl sites for hydroxylation is 1. The molecule has 0 saturated heterocycles. The molecule has 0 fully saturated rings. The van der Waals surface area contributed by atoms with E-state index in [1.165, 1.54) is 5.56 Å². The predicted molar refractivity (Wildman–Crippen MR) is 138 cm³/mol. The highest BCUT2D eigenvalue weighted by Gasteiger charge is 2.15. The number of carbonyl (C=O) groups is 2. The van der Waals surface area contributed by atoms with Crippen LogP contribution in [0.25, 0.3) is 10.8 Å². The molecule has 35 heavy (non-hydrogen) atoms. The van der Waals surface area contributed by atoms with E-state index >= 15 is 0 Å². The highest BCUT2D eigenvalue weighted by atomic mass is 16.5. The van der Waals surface area contributed by atoms with Crippen molar-refractivity contribution in [3.8, 4) is 11.5 Å². The summed E-state index contributed by atoms with van der Waals surface area (Å²) in [5, 5.41) is 11.0. The highest BCUT2D eigenvalue weighted by Crippen LogP contribution is 2.33. The molecule has 4 aromatic carbocycles. The average Bonchev–Trinajstić information content (AvgIpc) is 2.87. The molecule has 0 heterocycles. The maximum Gasteiger partial charge on any atom is 0.303 e. The number of fused-ring (bicyclic) bond motifs is 1. The number of rotatable bonds is 10. The number of hydrogen-bond donors (Lipinski definition) is 1. The van der Waals surface area contributed by atoms with E-state index in [1.807, 2.05) is 85.9 Å². The summed E-state index contributed by atoms with van der Waals surface area (Å²) in [6.45, 7) is 0.627. The van der Waals surface area contributed by atoms with Gasteiger partial charge in [0.1, 0.15) is 11.5 Å². The Bertz CT molecular complexity index is 1300. The van der Waals surface area contributed by atoms with Gasteiger partial charge in [-0.2, -0.15) is 0 Å². The number of carboxylic acid groups (broad SMARTS) is 1. The lowest BCUT2D eigenvalue weighted by molar-refractivity contribution is -0.137. The zero-order valence-corrected chi connectivity index (χ0v) is 19.8. The van der Waals surface area contributed by atoms with Crippen LogP contribution in [0.4, 0.5) is 0 Å². The Labute approximate surface area is 205 Å². The Morgan fingerprint density at radius 2 is 1.51 bits per heavy atom. The quantitative estimate of drug-likeness (QED) is 0.316. The zero-order valence-electron chi connectivity index (χ0n) is 19.8. The Morgan fingerprint density at radius 3 is 2.23 bits per heavy atom. The summed E-state index contributed by atoms with van der Waals surface area (Å²) >= 11 is 0. The van der Waals surface area contributed by atoms with Gasteiger partial charge in [-0.25, -0.2) is 0 Å². The summed E-state index contributed by atoms with van der Waals surface area (Å²) < 4.78 is 6.16. The summed E-state index contributed by atoms with van der Waals surface area (Å²) in [6, 6.07) is 29.4. The fourth-order valence-electron chi connectivity index (χ4n) is 4.11. The number of carboxylic acids is 1. The van der Waals surface area contributed by atoms with Crippen LogP contribution in [0, 0.1) is 0 Å². The van der Waals surface area contributed by atoms with E-state index in [2.05, 4.69) is 12.1 Å². The summed E-state index contributed by atoms with van der Waals surface area (Å²) in [5.41, 5.74) is 2.94. The van der Waals surface area contributed by atoms with Crippen LogP contribution in [-0.4, -0.2) is 35.5 Å². The minimum atomic E-state index is -0.850. The van der Waals surface area contributed by atoms with Gasteiger partial charge in [-0.1, -0.05) is 66.7 Å². The number of ether oxygens (including phenoxy) is 1. The SMILES string of the molecule is CN(CCc1ccccc1)C(=O)Cc1cc(CCC(=O)O)cc2c(Oc3ccccc3)cccc12. The van der Waals surface area contributed by atoms with Crippen LogP contribution >= 0.6 is 0 Å². The molecule has 0 aliphatic carbocycles. The Kier molecular flexibility index (Phi) is 7.78. The van der Waals surface area contributed by atoms with Crippen molar-refractivity contribution in [2.45, 2.75) is 25.7 Å². The number of nitrogens with zero attached hydrogens (tertiary/aromatic N) is 1. The molecule has 1 amide bonds. The van der Waals surface area contributed by atoms with Crippen molar-refractivity contribution >= 4 is 22.6 Å². The van der Waals surface area contributed by atoms with Crippen LogP contribution < -0.4 is 4.74 Å². The molecule has 0 bridgehead atoms. The molecule has 178 valence electrons. The molecular formula is C30H29NO4. The third-order valence-corrected chi connectivity index (χ3v) is 6.05. The average molecular weight is 468 g/mol. The molecule has 0 aliphatic heterocycles. The van der Waals surface area contributed by atoms with Crippen molar-refractivity contribution in [1.29, 1.82) is 0 Å². The third-order valence-electron chi connectivity index (χ3n) is 6.05. The topological polar surface area (TPSA) is 66.8 Å². The van der Waals surface area contributed by atoms with E-state index in [-0.39, 0.29) is 18.7 Å². The van der Waals surface area contributed by atoms with E-state index in [9.17, 15) is 14.7 Å². The van der Waals surface area contributed by atoms with Gasteiger partial charge in [-0.05, 0) is 59.2 Å². The van der Waals surface area contributed by atoms with E-state index in [1.54, 1.807) is 4.90 Å². The van der Waals surface area contributed by atoms with Gasteiger partial charge in [0.2, 0.25) is 5.91 Å². The molecule has 5 heteroatoms. The second-order valence-corrected chi connectivity index (χ2v) is 8.64. The number of likely N-dealkylation sites (N-methyl/N-ethyl adjacent to an activating group) is 1. The van der Waals surface area contributed by atoms with Crippen LogP contribution in [0.15, 0.2) is 91.0 Å². The van der Waals surface area contributed by atoms with E-state index in [4.69, 9.17) is 4.74 Å². The van der Waals surface area contributed by atoms with Gasteiger partial charge in [0.15, 0.2) is 0 Å². The first kappa shape index (κ1) is 24.0. The second kappa shape index (κ2) is 11.3. The normalized spacial score (nSPS) is 10.8. The molecule has 5 nitrogen and oxygen atoms in total. The minimum Gasteiger partial charge on any atom is -0.481 e. The van der Waals surface area contributed by atoms with Gasteiger partial charge >= 0.3 is 5.97 Å². The lowest BCUT2D eigenvalue weighted by Gasteiger charge is -2.19. The van der Waals surface area contributed by atoms with Crippen LogP contribution in [0.1, 0.15) is 23.1 Å². The van der Waals surface area contributed by atoms with Crippen molar-refractivity contribution in [1.82, 2.24) is 4.90 Å². The second-order valence-electron chi connectivity index (χ2n) is 8.64. The van der Waals surface area contributed by atoms with Gasteiger partial charge in [0.25, 0.3) is 0 Å². The number of benzene rings is 4. The Morgan fingerprint density at radius 1 is 0.800 bits per heavy atom. The van der Waals surface area contributed by atoms with Gasteiger partial charge in [0.05, 0.1) is 6.42 Å². The van der Waals surface area contributed by atoms with Crippen molar-refractivity contribution < 1.29 is 19.4 Å². The molecule has 0 spiro atoms. The van der Waals surface area contributed by atoms with E-state index in [0.29, 0.717) is 24.5 Å². The summed E-state index contributed by atoms with van der Waals surface area (Å²) in [6.07, 6.45) is 1.43. The molecule has 4 rings (SSSR count). The molecule has 0 aliphatic rings. The standard InChI is InChI=1S/C30H29NO4/c1-31(18-17-22-9-4-2-5-10-22)29(32)21-24-19-23(15-16-30(33)34)20-27-26(24)13-8-14-28(27)35-25-11-6-3-7-12-25/h2-14,19-20H,15-18,21H2,1H3,(H,33,34). The van der Waals surface area contributed by atoms with E-state index in [0.717, 1.165) is 28.3 Å². The summed E-state index contributed by atoms with van der Waals surface area (Å²) in [7, 11) is 1.83. The molecule has 0 unspecified atom stereocenters.